The van der Waals surface area contributed by atoms with E-state index in [2.05, 4.69) is 47.5 Å². The van der Waals surface area contributed by atoms with E-state index in [0.29, 0.717) is 12.0 Å². The van der Waals surface area contributed by atoms with Gasteiger partial charge in [-0.2, -0.15) is 0 Å². The first-order chi connectivity index (χ1) is 9.16. The first-order valence-corrected chi connectivity index (χ1v) is 7.31. The lowest BCUT2D eigenvalue weighted by atomic mass is 9.92. The van der Waals surface area contributed by atoms with Crippen LogP contribution in [0, 0.1) is 0 Å². The van der Waals surface area contributed by atoms with E-state index in [0.717, 1.165) is 5.65 Å². The van der Waals surface area contributed by atoms with Crippen LogP contribution < -0.4 is 0 Å². The molecule has 0 spiro atoms. The second-order valence-corrected chi connectivity index (χ2v) is 5.95. The molecule has 0 bridgehead atoms. The van der Waals surface area contributed by atoms with Gasteiger partial charge in [0.1, 0.15) is 5.65 Å². The van der Waals surface area contributed by atoms with Crippen LogP contribution >= 0.6 is 0 Å². The zero-order valence-corrected chi connectivity index (χ0v) is 12.1. The quantitative estimate of drug-likeness (QED) is 0.824. The molecule has 3 nitrogen and oxygen atoms in total. The van der Waals surface area contributed by atoms with Crippen molar-refractivity contribution in [2.24, 2.45) is 7.05 Å². The Kier molecular flexibility index (Phi) is 3.31. The minimum absolute atomic E-state index is 0.676. The first-order valence-electron chi connectivity index (χ1n) is 7.31. The third-order valence-corrected chi connectivity index (χ3v) is 4.50. The van der Waals surface area contributed by atoms with Gasteiger partial charge in [0, 0.05) is 36.3 Å². The lowest BCUT2D eigenvalue weighted by Crippen LogP contribution is -2.38. The third kappa shape index (κ3) is 2.27. The molecule has 1 saturated heterocycles. The molecule has 19 heavy (non-hydrogen) atoms. The van der Waals surface area contributed by atoms with Crippen LogP contribution in [-0.2, 0) is 7.05 Å². The highest BCUT2D eigenvalue weighted by Gasteiger charge is 2.24. The van der Waals surface area contributed by atoms with Gasteiger partial charge in [0.2, 0.25) is 0 Å². The summed E-state index contributed by atoms with van der Waals surface area (Å²) in [5, 5.41) is 1.27. The van der Waals surface area contributed by atoms with Gasteiger partial charge in [0.15, 0.2) is 0 Å². The zero-order chi connectivity index (χ0) is 13.4. The zero-order valence-electron chi connectivity index (χ0n) is 12.1. The molecule has 3 heterocycles. The number of nitrogens with zero attached hydrogens (tertiary/aromatic N) is 3. The summed E-state index contributed by atoms with van der Waals surface area (Å²) in [6.45, 7) is 7.02. The largest absolute Gasteiger partial charge is 0.332 e. The molecule has 0 atom stereocenters. The summed E-state index contributed by atoms with van der Waals surface area (Å²) in [5.41, 5.74) is 2.57. The number of aromatic nitrogens is 2. The van der Waals surface area contributed by atoms with Gasteiger partial charge in [-0.05, 0) is 58.0 Å². The molecular weight excluding hydrogens is 234 g/mol. The Bertz CT molecular complexity index is 562. The molecule has 0 saturated carbocycles. The Balaban J connectivity index is 1.84. The van der Waals surface area contributed by atoms with Gasteiger partial charge < -0.3 is 9.47 Å². The molecule has 0 unspecified atom stereocenters. The summed E-state index contributed by atoms with van der Waals surface area (Å²) in [4.78, 5) is 7.07. The minimum Gasteiger partial charge on any atom is -0.332 e. The summed E-state index contributed by atoms with van der Waals surface area (Å²) in [6.07, 6.45) is 4.41. The number of pyridine rings is 1. The second-order valence-electron chi connectivity index (χ2n) is 5.95. The molecule has 0 N–H and O–H groups in total. The number of likely N-dealkylation sites (tertiary alicyclic amines) is 1. The Morgan fingerprint density at radius 3 is 2.63 bits per heavy atom. The fraction of sp³-hybridized carbons (Fsp3) is 0.562. The van der Waals surface area contributed by atoms with E-state index in [9.17, 15) is 0 Å². The number of hydrogen-bond acceptors (Lipinski definition) is 2. The van der Waals surface area contributed by atoms with Crippen molar-refractivity contribution >= 4 is 11.0 Å². The molecule has 102 valence electrons. The van der Waals surface area contributed by atoms with Crippen LogP contribution in [0.5, 0.6) is 0 Å². The molecule has 1 aliphatic heterocycles. The maximum atomic E-state index is 4.49. The summed E-state index contributed by atoms with van der Waals surface area (Å²) < 4.78 is 2.28. The smallest absolute Gasteiger partial charge is 0.139 e. The molecule has 2 aromatic heterocycles. The van der Waals surface area contributed by atoms with Gasteiger partial charge in [-0.15, -0.1) is 0 Å². The molecule has 0 radical (unpaired) electrons. The van der Waals surface area contributed by atoms with Crippen molar-refractivity contribution in [1.29, 1.82) is 0 Å². The monoisotopic (exact) mass is 257 g/mol. The fourth-order valence-corrected chi connectivity index (χ4v) is 3.28. The minimum atomic E-state index is 0.676. The number of fused-ring (bicyclic) bond motifs is 1. The summed E-state index contributed by atoms with van der Waals surface area (Å²) in [7, 11) is 2.15. The van der Waals surface area contributed by atoms with Gasteiger partial charge in [0.25, 0.3) is 0 Å². The third-order valence-electron chi connectivity index (χ3n) is 4.50. The van der Waals surface area contributed by atoms with E-state index in [1.54, 1.807) is 0 Å². The molecule has 1 aliphatic rings. The van der Waals surface area contributed by atoms with Gasteiger partial charge >= 0.3 is 0 Å². The lowest BCUT2D eigenvalue weighted by molar-refractivity contribution is 0.170. The SMILES string of the molecule is CC(C)N1CCC(c2cc3cccnc3n2C)CC1. The number of piperidine rings is 1. The van der Waals surface area contributed by atoms with E-state index < -0.39 is 0 Å². The Morgan fingerprint density at radius 2 is 2.00 bits per heavy atom. The highest BCUT2D eigenvalue weighted by molar-refractivity contribution is 5.77. The van der Waals surface area contributed by atoms with E-state index in [1.165, 1.54) is 37.0 Å². The van der Waals surface area contributed by atoms with E-state index in [4.69, 9.17) is 0 Å². The maximum Gasteiger partial charge on any atom is 0.139 e. The average Bonchev–Trinajstić information content (AvgIpc) is 2.77. The highest BCUT2D eigenvalue weighted by atomic mass is 15.2. The van der Waals surface area contributed by atoms with Crippen molar-refractivity contribution in [3.63, 3.8) is 0 Å². The molecule has 0 amide bonds. The van der Waals surface area contributed by atoms with Crippen LogP contribution in [0.1, 0.15) is 38.3 Å². The normalized spacial score (nSPS) is 18.5. The van der Waals surface area contributed by atoms with Crippen LogP contribution in [0.4, 0.5) is 0 Å². The first kappa shape index (κ1) is 12.7. The lowest BCUT2D eigenvalue weighted by Gasteiger charge is -2.34. The van der Waals surface area contributed by atoms with E-state index >= 15 is 0 Å². The number of rotatable bonds is 2. The molecule has 3 heteroatoms. The predicted molar refractivity (Wildman–Crippen MR) is 79.4 cm³/mol. The van der Waals surface area contributed by atoms with E-state index in [-0.39, 0.29) is 0 Å². The Morgan fingerprint density at radius 1 is 1.26 bits per heavy atom. The highest BCUT2D eigenvalue weighted by Crippen LogP contribution is 2.31. The standard InChI is InChI=1S/C16H23N3/c1-12(2)19-9-6-13(7-10-19)15-11-14-5-4-8-17-16(14)18(15)3/h4-5,8,11-13H,6-7,9-10H2,1-3H3. The van der Waals surface area contributed by atoms with Crippen molar-refractivity contribution in [3.8, 4) is 0 Å². The van der Waals surface area contributed by atoms with Crippen molar-refractivity contribution in [2.75, 3.05) is 13.1 Å². The summed E-state index contributed by atoms with van der Waals surface area (Å²) in [5.74, 6) is 0.689. The van der Waals surface area contributed by atoms with Crippen LogP contribution in [0.3, 0.4) is 0 Å². The fourth-order valence-electron chi connectivity index (χ4n) is 3.28. The van der Waals surface area contributed by atoms with Crippen molar-refractivity contribution in [1.82, 2.24) is 14.5 Å². The Hall–Kier alpha value is -1.35. The van der Waals surface area contributed by atoms with Gasteiger partial charge in [-0.25, -0.2) is 4.98 Å². The van der Waals surface area contributed by atoms with Crippen LogP contribution in [0.15, 0.2) is 24.4 Å². The summed E-state index contributed by atoms with van der Waals surface area (Å²) >= 11 is 0. The number of hydrogen-bond donors (Lipinski definition) is 0. The molecule has 0 aromatic carbocycles. The van der Waals surface area contributed by atoms with Gasteiger partial charge in [0.05, 0.1) is 0 Å². The predicted octanol–water partition coefficient (Wildman–Crippen LogP) is 3.16. The molecule has 1 fully saturated rings. The molecule has 0 aliphatic carbocycles. The molecular formula is C16H23N3. The Labute approximate surface area is 115 Å². The summed E-state index contributed by atoms with van der Waals surface area (Å²) in [6, 6.07) is 7.19. The van der Waals surface area contributed by atoms with Crippen molar-refractivity contribution in [3.05, 3.63) is 30.1 Å². The van der Waals surface area contributed by atoms with Crippen molar-refractivity contribution < 1.29 is 0 Å². The van der Waals surface area contributed by atoms with Gasteiger partial charge in [-0.3, -0.25) is 0 Å². The topological polar surface area (TPSA) is 21.1 Å². The van der Waals surface area contributed by atoms with Crippen LogP contribution in [0.2, 0.25) is 0 Å². The number of aryl methyl sites for hydroxylation is 1. The second kappa shape index (κ2) is 4.97. The molecule has 2 aromatic rings. The van der Waals surface area contributed by atoms with Crippen LogP contribution in [-0.4, -0.2) is 33.6 Å². The molecule has 3 rings (SSSR count). The average molecular weight is 257 g/mol. The van der Waals surface area contributed by atoms with Crippen molar-refractivity contribution in [2.45, 2.75) is 38.6 Å². The van der Waals surface area contributed by atoms with Gasteiger partial charge in [-0.1, -0.05) is 0 Å². The maximum absolute atomic E-state index is 4.49. The van der Waals surface area contributed by atoms with E-state index in [1.807, 2.05) is 12.3 Å². The van der Waals surface area contributed by atoms with Crippen LogP contribution in [0.25, 0.3) is 11.0 Å².